The highest BCUT2D eigenvalue weighted by molar-refractivity contribution is 5.32. The Morgan fingerprint density at radius 2 is 1.57 bits per heavy atom. The molecule has 0 aliphatic carbocycles. The van der Waals surface area contributed by atoms with Crippen LogP contribution >= 0.6 is 0 Å². The van der Waals surface area contributed by atoms with Crippen LogP contribution in [0.4, 0.5) is 0 Å². The number of rotatable bonds is 5. The average Bonchev–Trinajstić information content (AvgIpc) is 2.85. The van der Waals surface area contributed by atoms with E-state index in [-0.39, 0.29) is 12.0 Å². The van der Waals surface area contributed by atoms with Crippen molar-refractivity contribution in [3.05, 3.63) is 71.8 Å². The number of hydrogen-bond donors (Lipinski definition) is 1. The third-order valence-corrected chi connectivity index (χ3v) is 5.54. The molecule has 2 aromatic rings. The van der Waals surface area contributed by atoms with E-state index < -0.39 is 0 Å². The fraction of sp³-hybridized carbons (Fsp3) is 0.429. The normalized spacial score (nSPS) is 25.1. The molecule has 3 rings (SSSR count). The van der Waals surface area contributed by atoms with Crippen molar-refractivity contribution >= 4 is 0 Å². The van der Waals surface area contributed by atoms with Gasteiger partial charge in [-0.15, -0.1) is 0 Å². The van der Waals surface area contributed by atoms with Gasteiger partial charge >= 0.3 is 0 Å². The minimum atomic E-state index is 0.191. The van der Waals surface area contributed by atoms with Crippen LogP contribution in [0.15, 0.2) is 60.7 Å². The first-order valence-electron chi connectivity index (χ1n) is 8.59. The van der Waals surface area contributed by atoms with Gasteiger partial charge in [-0.3, -0.25) is 4.90 Å². The van der Waals surface area contributed by atoms with Gasteiger partial charge in [-0.2, -0.15) is 0 Å². The van der Waals surface area contributed by atoms with E-state index in [0.29, 0.717) is 12.0 Å². The maximum Gasteiger partial charge on any atom is 0.0602 e. The van der Waals surface area contributed by atoms with Crippen molar-refractivity contribution in [3.63, 3.8) is 0 Å². The molecule has 0 aromatic heterocycles. The smallest absolute Gasteiger partial charge is 0.0602 e. The molecule has 122 valence electrons. The molecule has 1 fully saturated rings. The molecule has 2 atom stereocenters. The Labute approximate surface area is 139 Å². The van der Waals surface area contributed by atoms with Gasteiger partial charge in [0.1, 0.15) is 0 Å². The summed E-state index contributed by atoms with van der Waals surface area (Å²) in [6.07, 6.45) is 0.876. The van der Waals surface area contributed by atoms with Crippen LogP contribution in [-0.2, 0) is 0 Å². The predicted molar refractivity (Wildman–Crippen MR) is 95.3 cm³/mol. The summed E-state index contributed by atoms with van der Waals surface area (Å²) in [6, 6.07) is 21.8. The average molecular weight is 309 g/mol. The summed E-state index contributed by atoms with van der Waals surface area (Å²) >= 11 is 0. The van der Waals surface area contributed by atoms with Crippen LogP contribution in [0.25, 0.3) is 0 Å². The molecule has 1 N–H and O–H groups in total. The van der Waals surface area contributed by atoms with Crippen LogP contribution in [0.1, 0.15) is 37.4 Å². The van der Waals surface area contributed by atoms with Crippen molar-refractivity contribution in [2.45, 2.75) is 26.3 Å². The van der Waals surface area contributed by atoms with Gasteiger partial charge in [0.05, 0.1) is 6.04 Å². The van der Waals surface area contributed by atoms with Gasteiger partial charge in [0, 0.05) is 19.7 Å². The van der Waals surface area contributed by atoms with Crippen LogP contribution in [0.3, 0.4) is 0 Å². The van der Waals surface area contributed by atoms with Crippen LogP contribution in [0.2, 0.25) is 0 Å². The second kappa shape index (κ2) is 6.86. The number of aliphatic hydroxyl groups excluding tert-OH is 1. The molecule has 1 aliphatic heterocycles. The summed E-state index contributed by atoms with van der Waals surface area (Å²) in [6.45, 7) is 7.02. The van der Waals surface area contributed by atoms with E-state index in [9.17, 15) is 5.11 Å². The van der Waals surface area contributed by atoms with E-state index in [1.807, 2.05) is 0 Å². The topological polar surface area (TPSA) is 23.5 Å². The second-order valence-electron chi connectivity index (χ2n) is 7.18. The Balaban J connectivity index is 1.94. The van der Waals surface area contributed by atoms with E-state index in [2.05, 4.69) is 79.4 Å². The van der Waals surface area contributed by atoms with Crippen molar-refractivity contribution < 1.29 is 5.11 Å². The summed E-state index contributed by atoms with van der Waals surface area (Å²) in [5.41, 5.74) is 2.88. The van der Waals surface area contributed by atoms with E-state index in [1.54, 1.807) is 0 Å². The Morgan fingerprint density at radius 3 is 2.04 bits per heavy atom. The molecule has 2 aromatic carbocycles. The molecule has 0 saturated carbocycles. The van der Waals surface area contributed by atoms with Crippen molar-refractivity contribution in [1.29, 1.82) is 0 Å². The van der Waals surface area contributed by atoms with E-state index >= 15 is 0 Å². The molecule has 0 bridgehead atoms. The highest BCUT2D eigenvalue weighted by Crippen LogP contribution is 2.43. The standard InChI is InChI=1S/C21H27NO/c1-17-15-22(16-21(17,2)13-14-23)20(18-9-5-3-6-10-18)19-11-7-4-8-12-19/h3-12,17,20,23H,13-16H2,1-2H3/t17-,21-/m0/s1. The first kappa shape index (κ1) is 16.2. The maximum atomic E-state index is 9.45. The number of nitrogens with zero attached hydrogens (tertiary/aromatic N) is 1. The number of likely N-dealkylation sites (tertiary alicyclic amines) is 1. The quantitative estimate of drug-likeness (QED) is 0.898. The van der Waals surface area contributed by atoms with Crippen molar-refractivity contribution in [2.75, 3.05) is 19.7 Å². The van der Waals surface area contributed by atoms with E-state index in [4.69, 9.17) is 0 Å². The molecule has 2 heteroatoms. The Morgan fingerprint density at radius 1 is 1.04 bits per heavy atom. The third-order valence-electron chi connectivity index (χ3n) is 5.54. The lowest BCUT2D eigenvalue weighted by Crippen LogP contribution is -2.30. The predicted octanol–water partition coefficient (Wildman–Crippen LogP) is 4.12. The zero-order valence-electron chi connectivity index (χ0n) is 14.2. The largest absolute Gasteiger partial charge is 0.396 e. The first-order valence-corrected chi connectivity index (χ1v) is 8.59. The summed E-state index contributed by atoms with van der Waals surface area (Å²) < 4.78 is 0. The summed E-state index contributed by atoms with van der Waals surface area (Å²) in [4.78, 5) is 2.59. The van der Waals surface area contributed by atoms with Gasteiger partial charge in [-0.25, -0.2) is 0 Å². The minimum absolute atomic E-state index is 0.191. The minimum Gasteiger partial charge on any atom is -0.396 e. The molecular formula is C21H27NO. The molecule has 23 heavy (non-hydrogen) atoms. The summed E-state index contributed by atoms with van der Waals surface area (Å²) in [5.74, 6) is 0.588. The third kappa shape index (κ3) is 3.34. The molecular weight excluding hydrogens is 282 g/mol. The van der Waals surface area contributed by atoms with Crippen molar-refractivity contribution in [3.8, 4) is 0 Å². The summed E-state index contributed by atoms with van der Waals surface area (Å²) in [5, 5.41) is 9.45. The van der Waals surface area contributed by atoms with Crippen molar-refractivity contribution in [1.82, 2.24) is 4.90 Å². The lowest BCUT2D eigenvalue weighted by molar-refractivity contribution is 0.163. The van der Waals surface area contributed by atoms with E-state index in [1.165, 1.54) is 11.1 Å². The Bertz CT molecular complexity index is 573. The van der Waals surface area contributed by atoms with Gasteiger partial charge in [-0.1, -0.05) is 74.5 Å². The molecule has 2 nitrogen and oxygen atoms in total. The van der Waals surface area contributed by atoms with Crippen molar-refractivity contribution in [2.24, 2.45) is 11.3 Å². The molecule has 0 radical (unpaired) electrons. The van der Waals surface area contributed by atoms with E-state index in [0.717, 1.165) is 19.5 Å². The van der Waals surface area contributed by atoms with Gasteiger partial charge in [-0.05, 0) is 28.9 Å². The summed E-state index contributed by atoms with van der Waals surface area (Å²) in [7, 11) is 0. The van der Waals surface area contributed by atoms with Crippen LogP contribution < -0.4 is 0 Å². The van der Waals surface area contributed by atoms with Crippen LogP contribution in [-0.4, -0.2) is 29.7 Å². The molecule has 0 amide bonds. The van der Waals surface area contributed by atoms with Crippen LogP contribution in [0.5, 0.6) is 0 Å². The highest BCUT2D eigenvalue weighted by Gasteiger charge is 2.42. The van der Waals surface area contributed by atoms with Gasteiger partial charge in [0.15, 0.2) is 0 Å². The molecule has 0 spiro atoms. The fourth-order valence-electron chi connectivity index (χ4n) is 3.92. The lowest BCUT2D eigenvalue weighted by Gasteiger charge is -2.31. The molecule has 0 unspecified atom stereocenters. The van der Waals surface area contributed by atoms with Gasteiger partial charge in [0.25, 0.3) is 0 Å². The zero-order valence-corrected chi connectivity index (χ0v) is 14.2. The van der Waals surface area contributed by atoms with Gasteiger partial charge < -0.3 is 5.11 Å². The molecule has 1 saturated heterocycles. The Hall–Kier alpha value is -1.64. The number of benzene rings is 2. The van der Waals surface area contributed by atoms with Crippen LogP contribution in [0, 0.1) is 11.3 Å². The SMILES string of the molecule is C[C@H]1CN(C(c2ccccc2)c2ccccc2)C[C@]1(C)CCO. The van der Waals surface area contributed by atoms with Gasteiger partial charge in [0.2, 0.25) is 0 Å². The fourth-order valence-corrected chi connectivity index (χ4v) is 3.92. The molecule has 1 heterocycles. The zero-order chi connectivity index (χ0) is 16.3. The maximum absolute atomic E-state index is 9.45. The monoisotopic (exact) mass is 309 g/mol. The highest BCUT2D eigenvalue weighted by atomic mass is 16.3. The Kier molecular flexibility index (Phi) is 4.84. The number of aliphatic hydroxyl groups is 1. The lowest BCUT2D eigenvalue weighted by atomic mass is 9.78. The second-order valence-corrected chi connectivity index (χ2v) is 7.18. The molecule has 1 aliphatic rings. The first-order chi connectivity index (χ1) is 11.1. The number of hydrogen-bond acceptors (Lipinski definition) is 2.